The summed E-state index contributed by atoms with van der Waals surface area (Å²) in [6.45, 7) is 10.1. The Kier molecular flexibility index (Phi) is 8.67. The Morgan fingerprint density at radius 3 is 1.88 bits per heavy atom. The van der Waals surface area contributed by atoms with Crippen LogP contribution in [0.1, 0.15) is 33.3 Å². The third-order valence-electron chi connectivity index (χ3n) is 2.09. The smallest absolute Gasteiger partial charge is 0.0704 e. The van der Waals surface area contributed by atoms with Crippen LogP contribution in [0.3, 0.4) is 0 Å². The lowest BCUT2D eigenvalue weighted by atomic mass is 10.1. The molecule has 2 rings (SSSR count). The fourth-order valence-electron chi connectivity index (χ4n) is 1.38. The minimum Gasteiger partial charge on any atom is -0.256 e. The molecule has 0 radical (unpaired) electrons. The van der Waals surface area contributed by atoms with Gasteiger partial charge in [-0.05, 0) is 24.6 Å². The van der Waals surface area contributed by atoms with Gasteiger partial charge in [0.15, 0.2) is 0 Å². The highest BCUT2D eigenvalue weighted by Gasteiger charge is 1.99. The lowest BCUT2D eigenvalue weighted by Gasteiger charge is -2.03. The number of benzene rings is 1. The molecule has 0 fully saturated rings. The van der Waals surface area contributed by atoms with Gasteiger partial charge in [0.2, 0.25) is 0 Å². The van der Waals surface area contributed by atoms with Gasteiger partial charge in [0.1, 0.15) is 0 Å². The third-order valence-corrected chi connectivity index (χ3v) is 2.09. The fourth-order valence-corrected chi connectivity index (χ4v) is 1.38. The molecule has 1 aromatic heterocycles. The van der Waals surface area contributed by atoms with Crippen molar-refractivity contribution in [3.63, 3.8) is 0 Å². The Morgan fingerprint density at radius 2 is 1.35 bits per heavy atom. The van der Waals surface area contributed by atoms with Crippen LogP contribution in [0.15, 0.2) is 48.7 Å². The molecule has 0 atom stereocenters. The fraction of sp³-hybridized carbons (Fsp3) is 0.312. The molecule has 1 aromatic carbocycles. The van der Waals surface area contributed by atoms with E-state index >= 15 is 0 Å². The third kappa shape index (κ3) is 4.81. The summed E-state index contributed by atoms with van der Waals surface area (Å²) in [4.78, 5) is 4.31. The Labute approximate surface area is 106 Å². The average molecular weight is 229 g/mol. The Hall–Kier alpha value is -1.63. The average Bonchev–Trinajstić information content (AvgIpc) is 2.45. The molecule has 0 N–H and O–H groups in total. The van der Waals surface area contributed by atoms with Crippen molar-refractivity contribution >= 4 is 0 Å². The molecule has 92 valence electrons. The van der Waals surface area contributed by atoms with E-state index in [2.05, 4.69) is 24.0 Å². The van der Waals surface area contributed by atoms with Gasteiger partial charge in [-0.3, -0.25) is 4.98 Å². The van der Waals surface area contributed by atoms with Crippen LogP contribution in [0.4, 0.5) is 0 Å². The summed E-state index contributed by atoms with van der Waals surface area (Å²) in [6, 6.07) is 14.2. The van der Waals surface area contributed by atoms with Gasteiger partial charge < -0.3 is 0 Å². The molecule has 2 aromatic rings. The van der Waals surface area contributed by atoms with E-state index in [4.69, 9.17) is 0 Å². The van der Waals surface area contributed by atoms with Gasteiger partial charge in [0.25, 0.3) is 0 Å². The normalized spacial score (nSPS) is 8.29. The molecular formula is C16H23N. The standard InChI is InChI=1S/C12H11N.2C2H6/c1-10-6-2-3-7-11(10)12-8-4-5-9-13-12;2*1-2/h2-9H,1H3;2*1-2H3. The van der Waals surface area contributed by atoms with Crippen molar-refractivity contribution in [3.8, 4) is 11.3 Å². The molecule has 17 heavy (non-hydrogen) atoms. The van der Waals surface area contributed by atoms with Crippen LogP contribution in [0, 0.1) is 6.92 Å². The molecule has 0 aliphatic carbocycles. The summed E-state index contributed by atoms with van der Waals surface area (Å²) in [5, 5.41) is 0. The monoisotopic (exact) mass is 229 g/mol. The van der Waals surface area contributed by atoms with Crippen molar-refractivity contribution in [2.45, 2.75) is 34.6 Å². The number of rotatable bonds is 1. The first-order chi connectivity index (χ1) is 8.38. The van der Waals surface area contributed by atoms with Crippen molar-refractivity contribution in [1.82, 2.24) is 4.98 Å². The maximum absolute atomic E-state index is 4.31. The van der Waals surface area contributed by atoms with Crippen LogP contribution >= 0.6 is 0 Å². The topological polar surface area (TPSA) is 12.9 Å². The van der Waals surface area contributed by atoms with E-state index in [0.717, 1.165) is 5.69 Å². The molecule has 0 saturated carbocycles. The predicted octanol–water partition coefficient (Wildman–Crippen LogP) is 5.11. The largest absolute Gasteiger partial charge is 0.256 e. The van der Waals surface area contributed by atoms with E-state index in [0.29, 0.717) is 0 Å². The molecule has 0 bridgehead atoms. The number of hydrogen-bond donors (Lipinski definition) is 0. The molecule has 0 unspecified atom stereocenters. The van der Waals surface area contributed by atoms with Crippen molar-refractivity contribution in [1.29, 1.82) is 0 Å². The SMILES string of the molecule is CC.CC.Cc1ccccc1-c1ccccn1. The highest BCUT2D eigenvalue weighted by atomic mass is 14.7. The molecule has 0 spiro atoms. The molecule has 1 heterocycles. The summed E-state index contributed by atoms with van der Waals surface area (Å²) in [5.41, 5.74) is 3.52. The molecule has 0 saturated heterocycles. The van der Waals surface area contributed by atoms with Gasteiger partial charge in [0.05, 0.1) is 5.69 Å². The van der Waals surface area contributed by atoms with Crippen molar-refractivity contribution < 1.29 is 0 Å². The van der Waals surface area contributed by atoms with E-state index in [1.807, 2.05) is 64.2 Å². The maximum Gasteiger partial charge on any atom is 0.0704 e. The summed E-state index contributed by atoms with van der Waals surface area (Å²) in [7, 11) is 0. The van der Waals surface area contributed by atoms with Gasteiger partial charge in [-0.25, -0.2) is 0 Å². The van der Waals surface area contributed by atoms with E-state index in [1.165, 1.54) is 11.1 Å². The zero-order valence-electron chi connectivity index (χ0n) is 11.6. The number of aromatic nitrogens is 1. The van der Waals surface area contributed by atoms with Crippen molar-refractivity contribution in [2.75, 3.05) is 0 Å². The predicted molar refractivity (Wildman–Crippen MR) is 77.1 cm³/mol. The first-order valence-corrected chi connectivity index (χ1v) is 6.35. The minimum atomic E-state index is 1.04. The van der Waals surface area contributed by atoms with Gasteiger partial charge in [-0.15, -0.1) is 0 Å². The van der Waals surface area contributed by atoms with E-state index in [1.54, 1.807) is 0 Å². The van der Waals surface area contributed by atoms with Crippen molar-refractivity contribution in [2.24, 2.45) is 0 Å². The summed E-state index contributed by atoms with van der Waals surface area (Å²) < 4.78 is 0. The zero-order valence-corrected chi connectivity index (χ0v) is 11.6. The van der Waals surface area contributed by atoms with Crippen LogP contribution in [0.2, 0.25) is 0 Å². The summed E-state index contributed by atoms with van der Waals surface area (Å²) in [5.74, 6) is 0. The molecule has 1 heteroatoms. The lowest BCUT2D eigenvalue weighted by Crippen LogP contribution is -1.84. The minimum absolute atomic E-state index is 1.04. The lowest BCUT2D eigenvalue weighted by molar-refractivity contribution is 1.31. The zero-order chi connectivity index (χ0) is 13.1. The Balaban J connectivity index is 0.000000581. The van der Waals surface area contributed by atoms with Crippen LogP contribution in [0.25, 0.3) is 11.3 Å². The Bertz CT molecular complexity index is 393. The van der Waals surface area contributed by atoms with Crippen LogP contribution in [-0.2, 0) is 0 Å². The van der Waals surface area contributed by atoms with Crippen LogP contribution in [0.5, 0.6) is 0 Å². The second kappa shape index (κ2) is 9.59. The number of hydrogen-bond acceptors (Lipinski definition) is 1. The van der Waals surface area contributed by atoms with Crippen molar-refractivity contribution in [3.05, 3.63) is 54.2 Å². The molecule has 0 aliphatic heterocycles. The quantitative estimate of drug-likeness (QED) is 0.662. The van der Waals surface area contributed by atoms with E-state index in [9.17, 15) is 0 Å². The first kappa shape index (κ1) is 15.4. The molecule has 0 aliphatic rings. The highest BCUT2D eigenvalue weighted by Crippen LogP contribution is 2.19. The molecule has 1 nitrogen and oxygen atoms in total. The molecular weight excluding hydrogens is 206 g/mol. The van der Waals surface area contributed by atoms with Gasteiger partial charge in [-0.1, -0.05) is 58.0 Å². The second-order valence-electron chi connectivity index (χ2n) is 3.03. The van der Waals surface area contributed by atoms with Gasteiger partial charge >= 0.3 is 0 Å². The van der Waals surface area contributed by atoms with E-state index < -0.39 is 0 Å². The van der Waals surface area contributed by atoms with Crippen LogP contribution < -0.4 is 0 Å². The number of nitrogens with zero attached hydrogens (tertiary/aromatic N) is 1. The number of aryl methyl sites for hydroxylation is 1. The van der Waals surface area contributed by atoms with Gasteiger partial charge in [0, 0.05) is 11.8 Å². The maximum atomic E-state index is 4.31. The molecule has 0 amide bonds. The second-order valence-corrected chi connectivity index (χ2v) is 3.03. The highest BCUT2D eigenvalue weighted by molar-refractivity contribution is 5.62. The summed E-state index contributed by atoms with van der Waals surface area (Å²) in [6.07, 6.45) is 1.82. The van der Waals surface area contributed by atoms with E-state index in [-0.39, 0.29) is 0 Å². The number of pyridine rings is 1. The summed E-state index contributed by atoms with van der Waals surface area (Å²) >= 11 is 0. The Morgan fingerprint density at radius 1 is 0.765 bits per heavy atom. The van der Waals surface area contributed by atoms with Gasteiger partial charge in [-0.2, -0.15) is 0 Å². The first-order valence-electron chi connectivity index (χ1n) is 6.35. The van der Waals surface area contributed by atoms with Crippen LogP contribution in [-0.4, -0.2) is 4.98 Å².